The van der Waals surface area contributed by atoms with E-state index in [1.807, 2.05) is 4.90 Å². The van der Waals surface area contributed by atoms with Gasteiger partial charge < -0.3 is 15.2 Å². The number of hydrogen-bond acceptors (Lipinski definition) is 3. The number of piperidine rings is 1. The molecule has 4 rings (SSSR count). The van der Waals surface area contributed by atoms with Crippen molar-refractivity contribution in [1.29, 1.82) is 0 Å². The van der Waals surface area contributed by atoms with Crippen molar-refractivity contribution in [3.05, 3.63) is 71.4 Å². The van der Waals surface area contributed by atoms with Gasteiger partial charge in [0.1, 0.15) is 0 Å². The zero-order valence-corrected chi connectivity index (χ0v) is 18.9. The molecule has 5 nitrogen and oxygen atoms in total. The van der Waals surface area contributed by atoms with Crippen LogP contribution < -0.4 is 5.32 Å². The number of carbonyl (C=O) groups is 1. The molecule has 0 aliphatic carbocycles. The van der Waals surface area contributed by atoms with Gasteiger partial charge >= 0.3 is 0 Å². The molecule has 0 atom stereocenters. The molecule has 1 fully saturated rings. The molecular weight excluding hydrogens is 384 g/mol. The topological polar surface area (TPSA) is 51.4 Å². The SMILES string of the molecule is Cc1[nH]c2ccccc2c1CNCCC(=O)N1CCC(c2ccccc2)(N(C)C)CC1. The number of hydrogen-bond donors (Lipinski definition) is 2. The number of fused-ring (bicyclic) bond motifs is 1. The van der Waals surface area contributed by atoms with Crippen LogP contribution in [-0.4, -0.2) is 54.4 Å². The molecule has 0 saturated carbocycles. The fraction of sp³-hybridized carbons (Fsp3) is 0.423. The van der Waals surface area contributed by atoms with E-state index in [4.69, 9.17) is 0 Å². The third-order valence-corrected chi connectivity index (χ3v) is 6.95. The summed E-state index contributed by atoms with van der Waals surface area (Å²) in [7, 11) is 4.31. The molecule has 2 aromatic carbocycles. The zero-order valence-electron chi connectivity index (χ0n) is 18.9. The van der Waals surface area contributed by atoms with E-state index in [0.29, 0.717) is 13.0 Å². The van der Waals surface area contributed by atoms with Gasteiger partial charge in [-0.25, -0.2) is 0 Å². The van der Waals surface area contributed by atoms with Gasteiger partial charge in [0.25, 0.3) is 0 Å². The molecule has 0 spiro atoms. The van der Waals surface area contributed by atoms with Crippen LogP contribution in [0.25, 0.3) is 10.9 Å². The van der Waals surface area contributed by atoms with Gasteiger partial charge in [-0.15, -0.1) is 0 Å². The first-order valence-electron chi connectivity index (χ1n) is 11.3. The second kappa shape index (κ2) is 9.25. The molecule has 5 heteroatoms. The summed E-state index contributed by atoms with van der Waals surface area (Å²) >= 11 is 0. The minimum atomic E-state index is 0.0170. The van der Waals surface area contributed by atoms with Crippen LogP contribution in [-0.2, 0) is 16.9 Å². The lowest BCUT2D eigenvalue weighted by atomic mass is 9.79. The summed E-state index contributed by atoms with van der Waals surface area (Å²) < 4.78 is 0. The number of aryl methyl sites for hydroxylation is 1. The fourth-order valence-corrected chi connectivity index (χ4v) is 5.00. The maximum atomic E-state index is 12.8. The number of likely N-dealkylation sites (tertiary alicyclic amines) is 1. The van der Waals surface area contributed by atoms with Crippen LogP contribution in [0.1, 0.15) is 36.1 Å². The number of benzene rings is 2. The van der Waals surface area contributed by atoms with Gasteiger partial charge in [0.05, 0.1) is 0 Å². The molecule has 1 aliphatic rings. The number of carbonyl (C=O) groups excluding carboxylic acids is 1. The summed E-state index contributed by atoms with van der Waals surface area (Å²) in [6.07, 6.45) is 2.48. The quantitative estimate of drug-likeness (QED) is 0.570. The van der Waals surface area contributed by atoms with E-state index < -0.39 is 0 Å². The molecule has 2 heterocycles. The Labute approximate surface area is 185 Å². The molecule has 2 N–H and O–H groups in total. The van der Waals surface area contributed by atoms with Gasteiger partial charge in [-0.1, -0.05) is 48.5 Å². The maximum absolute atomic E-state index is 12.8. The number of para-hydroxylation sites is 1. The van der Waals surface area contributed by atoms with Gasteiger partial charge in [-0.05, 0) is 51.1 Å². The smallest absolute Gasteiger partial charge is 0.223 e. The van der Waals surface area contributed by atoms with Gasteiger partial charge in [0.15, 0.2) is 0 Å². The second-order valence-corrected chi connectivity index (χ2v) is 8.87. The minimum absolute atomic E-state index is 0.0170. The zero-order chi connectivity index (χ0) is 21.8. The van der Waals surface area contributed by atoms with Crippen LogP contribution in [0.4, 0.5) is 0 Å². The number of nitrogens with one attached hydrogen (secondary N) is 2. The van der Waals surface area contributed by atoms with Crippen molar-refractivity contribution in [2.24, 2.45) is 0 Å². The standard InChI is InChI=1S/C26H34N4O/c1-20-23(22-11-7-8-12-24(22)28-20)19-27-16-13-25(31)30-17-14-26(15-18-30,29(2)3)21-9-5-4-6-10-21/h4-12,27-28H,13-19H2,1-3H3. The van der Waals surface area contributed by atoms with Crippen LogP contribution in [0.15, 0.2) is 54.6 Å². The summed E-state index contributed by atoms with van der Waals surface area (Å²) in [5.74, 6) is 0.253. The molecule has 1 saturated heterocycles. The van der Waals surface area contributed by atoms with Crippen LogP contribution in [0.3, 0.4) is 0 Å². The molecule has 0 unspecified atom stereocenters. The lowest BCUT2D eigenvalue weighted by Crippen LogP contribution is -2.52. The number of rotatable bonds is 7. The highest BCUT2D eigenvalue weighted by molar-refractivity contribution is 5.84. The van der Waals surface area contributed by atoms with Gasteiger partial charge in [0, 0.05) is 54.7 Å². The normalized spacial score (nSPS) is 16.2. The lowest BCUT2D eigenvalue weighted by Gasteiger charge is -2.46. The summed E-state index contributed by atoms with van der Waals surface area (Å²) in [4.78, 5) is 20.6. The van der Waals surface area contributed by atoms with Crippen LogP contribution in [0.5, 0.6) is 0 Å². The minimum Gasteiger partial charge on any atom is -0.358 e. The number of aromatic nitrogens is 1. The summed E-state index contributed by atoms with van der Waals surface area (Å²) in [6.45, 7) is 5.22. The summed E-state index contributed by atoms with van der Waals surface area (Å²) in [5.41, 5.74) is 5.02. The third-order valence-electron chi connectivity index (χ3n) is 6.95. The van der Waals surface area contributed by atoms with Crippen molar-refractivity contribution in [1.82, 2.24) is 20.1 Å². The molecule has 1 aromatic heterocycles. The molecule has 31 heavy (non-hydrogen) atoms. The Balaban J connectivity index is 1.29. The van der Waals surface area contributed by atoms with E-state index in [-0.39, 0.29) is 11.4 Å². The number of aromatic amines is 1. The van der Waals surface area contributed by atoms with Crippen molar-refractivity contribution in [2.45, 2.75) is 38.3 Å². The summed E-state index contributed by atoms with van der Waals surface area (Å²) in [6, 6.07) is 19.1. The Kier molecular flexibility index (Phi) is 6.44. The van der Waals surface area contributed by atoms with E-state index in [1.165, 1.54) is 27.7 Å². The van der Waals surface area contributed by atoms with Crippen LogP contribution in [0.2, 0.25) is 0 Å². The van der Waals surface area contributed by atoms with E-state index >= 15 is 0 Å². The van der Waals surface area contributed by atoms with Gasteiger partial charge in [-0.3, -0.25) is 9.69 Å². The predicted octanol–water partition coefficient (Wildman–Crippen LogP) is 4.04. The molecule has 164 valence electrons. The van der Waals surface area contributed by atoms with Crippen molar-refractivity contribution in [3.8, 4) is 0 Å². The van der Waals surface area contributed by atoms with E-state index in [9.17, 15) is 4.79 Å². The van der Waals surface area contributed by atoms with Crippen molar-refractivity contribution < 1.29 is 4.79 Å². The maximum Gasteiger partial charge on any atom is 0.223 e. The van der Waals surface area contributed by atoms with E-state index in [2.05, 4.69) is 90.8 Å². The van der Waals surface area contributed by atoms with E-state index in [1.54, 1.807) is 0 Å². The number of nitrogens with zero attached hydrogens (tertiary/aromatic N) is 2. The predicted molar refractivity (Wildman–Crippen MR) is 127 cm³/mol. The van der Waals surface area contributed by atoms with Crippen LogP contribution >= 0.6 is 0 Å². The van der Waals surface area contributed by atoms with Crippen molar-refractivity contribution in [3.63, 3.8) is 0 Å². The second-order valence-electron chi connectivity index (χ2n) is 8.87. The first-order valence-corrected chi connectivity index (χ1v) is 11.3. The van der Waals surface area contributed by atoms with Gasteiger partial charge in [0.2, 0.25) is 5.91 Å². The van der Waals surface area contributed by atoms with Gasteiger partial charge in [-0.2, -0.15) is 0 Å². The highest BCUT2D eigenvalue weighted by Crippen LogP contribution is 2.37. The Morgan fingerprint density at radius 3 is 2.45 bits per heavy atom. The molecular formula is C26H34N4O. The fourth-order valence-electron chi connectivity index (χ4n) is 5.00. The number of amides is 1. The first kappa shape index (κ1) is 21.6. The Morgan fingerprint density at radius 1 is 1.06 bits per heavy atom. The summed E-state index contributed by atoms with van der Waals surface area (Å²) in [5, 5.41) is 4.74. The highest BCUT2D eigenvalue weighted by Gasteiger charge is 2.38. The highest BCUT2D eigenvalue weighted by atomic mass is 16.2. The van der Waals surface area contributed by atoms with E-state index in [0.717, 1.165) is 32.5 Å². The Morgan fingerprint density at radius 2 is 1.74 bits per heavy atom. The largest absolute Gasteiger partial charge is 0.358 e. The third kappa shape index (κ3) is 4.39. The lowest BCUT2D eigenvalue weighted by molar-refractivity contribution is -0.133. The Bertz CT molecular complexity index is 1020. The van der Waals surface area contributed by atoms with Crippen molar-refractivity contribution in [2.75, 3.05) is 33.7 Å². The Hall–Kier alpha value is -2.63. The molecule has 3 aromatic rings. The molecule has 0 radical (unpaired) electrons. The molecule has 0 bridgehead atoms. The first-order chi connectivity index (χ1) is 15.0. The van der Waals surface area contributed by atoms with Crippen LogP contribution in [0, 0.1) is 6.92 Å². The monoisotopic (exact) mass is 418 g/mol. The average Bonchev–Trinajstić information content (AvgIpc) is 3.12. The molecule has 1 amide bonds. The van der Waals surface area contributed by atoms with Crippen molar-refractivity contribution >= 4 is 16.8 Å². The number of H-pyrrole nitrogens is 1. The molecule has 1 aliphatic heterocycles. The average molecular weight is 419 g/mol.